The zero-order chi connectivity index (χ0) is 29.2. The molecule has 0 bridgehead atoms. The van der Waals surface area contributed by atoms with Gasteiger partial charge in [0.15, 0.2) is 0 Å². The number of benzene rings is 2. The first-order valence-corrected chi connectivity index (χ1v) is 14.8. The van der Waals surface area contributed by atoms with E-state index >= 15 is 8.78 Å². The standard InChI is InChI=1S/C29H29F2N3O6S/c1-3-21-10-11-25(19-8-6-5-7-9-19)41(36,37)34(21)18-20-16-24(31)22(17-23(20)30)29(12-14-38-15-13-29)28-33-32-26(40-28)27(35)39-4-2/h1,5-9,16-17,21,25H,4,10-15,18H2,2H3/t21-,25+/m0/s1. The van der Waals surface area contributed by atoms with Crippen molar-refractivity contribution in [1.82, 2.24) is 14.5 Å². The van der Waals surface area contributed by atoms with Crippen molar-refractivity contribution in [3.05, 3.63) is 82.6 Å². The van der Waals surface area contributed by atoms with E-state index in [9.17, 15) is 13.2 Å². The van der Waals surface area contributed by atoms with Gasteiger partial charge in [0.2, 0.25) is 15.9 Å². The average molecular weight is 586 g/mol. The molecule has 0 saturated carbocycles. The zero-order valence-corrected chi connectivity index (χ0v) is 23.2. The van der Waals surface area contributed by atoms with Gasteiger partial charge >= 0.3 is 11.9 Å². The van der Waals surface area contributed by atoms with E-state index < -0.39 is 56.8 Å². The Hall–Kier alpha value is -3.66. The fraction of sp³-hybridized carbons (Fsp3) is 0.414. The van der Waals surface area contributed by atoms with E-state index in [-0.39, 0.29) is 49.7 Å². The Balaban J connectivity index is 1.50. The number of hydrogen-bond donors (Lipinski definition) is 0. The van der Waals surface area contributed by atoms with E-state index in [0.717, 1.165) is 16.4 Å². The van der Waals surface area contributed by atoms with E-state index in [1.54, 1.807) is 37.3 Å². The Labute approximate surface area is 236 Å². The molecule has 12 heteroatoms. The maximum Gasteiger partial charge on any atom is 0.396 e. The summed E-state index contributed by atoms with van der Waals surface area (Å²) >= 11 is 0. The SMILES string of the molecule is C#C[C@H]1CC[C@H](c2ccccc2)S(=O)(=O)N1Cc1cc(F)c(C2(c3nnc(C(=O)OCC)o3)CCOCC2)cc1F. The lowest BCUT2D eigenvalue weighted by molar-refractivity contribution is 0.0443. The predicted octanol–water partition coefficient (Wildman–Crippen LogP) is 4.29. The number of terminal acetylenes is 1. The molecule has 2 fully saturated rings. The smallest absolute Gasteiger partial charge is 0.396 e. The largest absolute Gasteiger partial charge is 0.459 e. The van der Waals surface area contributed by atoms with Crippen LogP contribution in [0.1, 0.15) is 71.1 Å². The fourth-order valence-corrected chi connectivity index (χ4v) is 7.67. The minimum atomic E-state index is -3.99. The van der Waals surface area contributed by atoms with Crippen molar-refractivity contribution < 1.29 is 35.9 Å². The summed E-state index contributed by atoms with van der Waals surface area (Å²) in [7, 11) is -3.99. The second kappa shape index (κ2) is 11.7. The number of aromatic nitrogens is 2. The van der Waals surface area contributed by atoms with Gasteiger partial charge in [-0.05, 0) is 50.3 Å². The van der Waals surface area contributed by atoms with Crippen LogP contribution < -0.4 is 0 Å². The highest BCUT2D eigenvalue weighted by molar-refractivity contribution is 7.89. The molecule has 2 atom stereocenters. The minimum absolute atomic E-state index is 0.0572. The molecule has 0 radical (unpaired) electrons. The number of rotatable bonds is 7. The highest BCUT2D eigenvalue weighted by Gasteiger charge is 2.45. The van der Waals surface area contributed by atoms with Gasteiger partial charge in [-0.3, -0.25) is 0 Å². The number of hydrogen-bond acceptors (Lipinski definition) is 8. The Bertz CT molecular complexity index is 1560. The molecule has 2 aliphatic rings. The van der Waals surface area contributed by atoms with Crippen LogP contribution in [0.4, 0.5) is 8.78 Å². The molecule has 0 spiro atoms. The van der Waals surface area contributed by atoms with Gasteiger partial charge in [-0.25, -0.2) is 22.0 Å². The number of ether oxygens (including phenoxy) is 2. The van der Waals surface area contributed by atoms with Crippen LogP contribution in [0.5, 0.6) is 0 Å². The minimum Gasteiger partial charge on any atom is -0.459 e. The van der Waals surface area contributed by atoms with Crippen molar-refractivity contribution in [2.75, 3.05) is 19.8 Å². The maximum atomic E-state index is 15.9. The second-order valence-corrected chi connectivity index (χ2v) is 12.1. The van der Waals surface area contributed by atoms with Crippen LogP contribution in [0.25, 0.3) is 0 Å². The third kappa shape index (κ3) is 5.37. The Kier molecular flexibility index (Phi) is 8.22. The topological polar surface area (TPSA) is 112 Å². The lowest BCUT2D eigenvalue weighted by Crippen LogP contribution is -2.45. The molecule has 2 aromatic carbocycles. The van der Waals surface area contributed by atoms with Crippen LogP contribution in [-0.2, 0) is 31.5 Å². The quantitative estimate of drug-likeness (QED) is 0.298. The van der Waals surface area contributed by atoms with Crippen LogP contribution in [0.2, 0.25) is 0 Å². The van der Waals surface area contributed by atoms with Gasteiger partial charge in [0.05, 0.1) is 18.1 Å². The monoisotopic (exact) mass is 585 g/mol. The maximum absolute atomic E-state index is 15.9. The highest BCUT2D eigenvalue weighted by atomic mass is 32.2. The average Bonchev–Trinajstić information content (AvgIpc) is 3.48. The predicted molar refractivity (Wildman–Crippen MR) is 143 cm³/mol. The molecule has 41 heavy (non-hydrogen) atoms. The van der Waals surface area contributed by atoms with Gasteiger partial charge in [0.1, 0.15) is 16.9 Å². The molecule has 3 aromatic rings. The number of halogens is 2. The van der Waals surface area contributed by atoms with E-state index in [0.29, 0.717) is 18.4 Å². The number of esters is 1. The van der Waals surface area contributed by atoms with Crippen LogP contribution in [0.15, 0.2) is 46.9 Å². The van der Waals surface area contributed by atoms with E-state index in [2.05, 4.69) is 16.1 Å². The first kappa shape index (κ1) is 28.9. The summed E-state index contributed by atoms with van der Waals surface area (Å²) in [5.41, 5.74) is -0.878. The highest BCUT2D eigenvalue weighted by Crippen LogP contribution is 2.43. The third-order valence-electron chi connectivity index (χ3n) is 7.71. The first-order valence-electron chi connectivity index (χ1n) is 13.3. The van der Waals surface area contributed by atoms with Crippen LogP contribution in [0.3, 0.4) is 0 Å². The van der Waals surface area contributed by atoms with Crippen molar-refractivity contribution in [3.8, 4) is 12.3 Å². The molecule has 3 heterocycles. The molecule has 0 unspecified atom stereocenters. The molecule has 9 nitrogen and oxygen atoms in total. The molecule has 0 aliphatic carbocycles. The third-order valence-corrected chi connectivity index (χ3v) is 9.97. The van der Waals surface area contributed by atoms with Crippen molar-refractivity contribution in [2.24, 2.45) is 0 Å². The molecule has 2 saturated heterocycles. The fourth-order valence-electron chi connectivity index (χ4n) is 5.57. The van der Waals surface area contributed by atoms with Gasteiger partial charge in [-0.15, -0.1) is 16.6 Å². The van der Waals surface area contributed by atoms with Crippen LogP contribution >= 0.6 is 0 Å². The van der Waals surface area contributed by atoms with Gasteiger partial charge in [-0.1, -0.05) is 36.3 Å². The van der Waals surface area contributed by atoms with Crippen LogP contribution in [0, 0.1) is 24.0 Å². The van der Waals surface area contributed by atoms with Crippen molar-refractivity contribution in [1.29, 1.82) is 0 Å². The van der Waals surface area contributed by atoms with Crippen molar-refractivity contribution in [3.63, 3.8) is 0 Å². The molecule has 0 amide bonds. The second-order valence-electron chi connectivity index (χ2n) is 10.0. The summed E-state index contributed by atoms with van der Waals surface area (Å²) < 4.78 is 76.0. The first-order chi connectivity index (χ1) is 19.7. The van der Waals surface area contributed by atoms with Gasteiger partial charge in [-0.2, -0.15) is 4.31 Å². The molecular formula is C29H29F2N3O6S. The summed E-state index contributed by atoms with van der Waals surface area (Å²) in [5.74, 6) is -0.385. The Morgan fingerprint density at radius 3 is 2.56 bits per heavy atom. The van der Waals surface area contributed by atoms with E-state index in [1.165, 1.54) is 0 Å². The summed E-state index contributed by atoms with van der Waals surface area (Å²) in [5, 5.41) is 6.89. The number of carbonyl (C=O) groups excluding carboxylic acids is 1. The Morgan fingerprint density at radius 2 is 1.88 bits per heavy atom. The lowest BCUT2D eigenvalue weighted by Gasteiger charge is -2.37. The summed E-state index contributed by atoms with van der Waals surface area (Å²) in [6.07, 6.45) is 6.74. The normalized spacial score (nSPS) is 22.1. The van der Waals surface area contributed by atoms with Crippen molar-refractivity contribution >= 4 is 16.0 Å². The molecule has 1 aromatic heterocycles. The summed E-state index contributed by atoms with van der Waals surface area (Å²) in [6.45, 7) is 1.69. The van der Waals surface area contributed by atoms with Crippen LogP contribution in [-0.4, -0.2) is 54.8 Å². The number of carbonyl (C=O) groups is 1. The molecule has 0 N–H and O–H groups in total. The van der Waals surface area contributed by atoms with E-state index in [1.807, 2.05) is 0 Å². The summed E-state index contributed by atoms with van der Waals surface area (Å²) in [6, 6.07) is 9.96. The van der Waals surface area contributed by atoms with E-state index in [4.69, 9.17) is 20.3 Å². The summed E-state index contributed by atoms with van der Waals surface area (Å²) in [4.78, 5) is 12.1. The Morgan fingerprint density at radius 1 is 1.15 bits per heavy atom. The number of nitrogens with zero attached hydrogens (tertiary/aromatic N) is 3. The van der Waals surface area contributed by atoms with Gasteiger partial charge in [0, 0.05) is 30.9 Å². The zero-order valence-electron chi connectivity index (χ0n) is 22.4. The van der Waals surface area contributed by atoms with Gasteiger partial charge in [0.25, 0.3) is 0 Å². The molecule has 2 aliphatic heterocycles. The van der Waals surface area contributed by atoms with Gasteiger partial charge < -0.3 is 13.9 Å². The molecule has 216 valence electrons. The molecular weight excluding hydrogens is 556 g/mol. The van der Waals surface area contributed by atoms with Crippen molar-refractivity contribution in [2.45, 2.75) is 55.9 Å². The lowest BCUT2D eigenvalue weighted by atomic mass is 9.73. The molecule has 5 rings (SSSR count). The number of sulfonamides is 1.